The van der Waals surface area contributed by atoms with Crippen molar-refractivity contribution in [2.24, 2.45) is 0 Å². The summed E-state index contributed by atoms with van der Waals surface area (Å²) in [6, 6.07) is 3.82. The summed E-state index contributed by atoms with van der Waals surface area (Å²) >= 11 is 0. The molecule has 0 fully saturated rings. The molecular formula is C19H23N5O. The summed E-state index contributed by atoms with van der Waals surface area (Å²) in [5.41, 5.74) is 4.37. The molecule has 0 aliphatic heterocycles. The largest absolute Gasteiger partial charge is 0.348 e. The Labute approximate surface area is 147 Å². The maximum atomic E-state index is 12.6. The fraction of sp³-hybridized carbons (Fsp3) is 0.474. The average molecular weight is 337 g/mol. The van der Waals surface area contributed by atoms with E-state index >= 15 is 0 Å². The second kappa shape index (κ2) is 7.47. The number of allylic oxidation sites excluding steroid dienone is 2. The third-order valence-corrected chi connectivity index (χ3v) is 4.86. The molecule has 6 nitrogen and oxygen atoms in total. The van der Waals surface area contributed by atoms with Crippen LogP contribution in [0.25, 0.3) is 0 Å². The van der Waals surface area contributed by atoms with Crippen LogP contribution in [0.3, 0.4) is 0 Å². The van der Waals surface area contributed by atoms with Crippen LogP contribution in [0, 0.1) is 25.2 Å². The Hall–Kier alpha value is -2.68. The number of carbonyl (C=O) groups excluding carboxylic acids is 1. The maximum absolute atomic E-state index is 12.6. The van der Waals surface area contributed by atoms with Crippen molar-refractivity contribution in [3.05, 3.63) is 46.8 Å². The molecule has 0 spiro atoms. The Balaban J connectivity index is 1.71. The van der Waals surface area contributed by atoms with Gasteiger partial charge in [0, 0.05) is 23.5 Å². The smallest absolute Gasteiger partial charge is 0.252 e. The molecule has 3 rings (SSSR count). The van der Waals surface area contributed by atoms with Gasteiger partial charge in [-0.1, -0.05) is 11.6 Å². The molecule has 2 heterocycles. The Morgan fingerprint density at radius 3 is 2.88 bits per heavy atom. The first kappa shape index (κ1) is 17.2. The van der Waals surface area contributed by atoms with Crippen LogP contribution in [0.15, 0.2) is 24.0 Å². The van der Waals surface area contributed by atoms with E-state index in [1.807, 2.05) is 26.0 Å². The predicted molar refractivity (Wildman–Crippen MR) is 94.1 cm³/mol. The zero-order valence-electron chi connectivity index (χ0n) is 14.8. The van der Waals surface area contributed by atoms with Gasteiger partial charge in [0.15, 0.2) is 5.78 Å². The van der Waals surface area contributed by atoms with Crippen LogP contribution in [0.2, 0.25) is 0 Å². The van der Waals surface area contributed by atoms with Crippen LogP contribution in [0.4, 0.5) is 0 Å². The number of rotatable bonds is 6. The Morgan fingerprint density at radius 2 is 2.20 bits per heavy atom. The summed E-state index contributed by atoms with van der Waals surface area (Å²) in [7, 11) is 0. The minimum atomic E-state index is -0.00868. The molecule has 0 radical (unpaired) electrons. The van der Waals surface area contributed by atoms with Crippen LogP contribution in [-0.4, -0.2) is 25.1 Å². The quantitative estimate of drug-likeness (QED) is 0.598. The second-order valence-electron chi connectivity index (χ2n) is 6.60. The fourth-order valence-electron chi connectivity index (χ4n) is 3.47. The molecule has 0 unspecified atom stereocenters. The molecule has 25 heavy (non-hydrogen) atoms. The van der Waals surface area contributed by atoms with Crippen LogP contribution in [-0.2, 0) is 13.1 Å². The van der Waals surface area contributed by atoms with E-state index in [9.17, 15) is 4.79 Å². The Kier molecular flexibility index (Phi) is 5.13. The van der Waals surface area contributed by atoms with Crippen LogP contribution >= 0.6 is 0 Å². The summed E-state index contributed by atoms with van der Waals surface area (Å²) in [6.07, 6.45) is 9.86. The first-order chi connectivity index (χ1) is 12.1. The molecule has 6 heteroatoms. The first-order valence-electron chi connectivity index (χ1n) is 8.76. The van der Waals surface area contributed by atoms with E-state index < -0.39 is 0 Å². The van der Waals surface area contributed by atoms with Crippen molar-refractivity contribution in [3.63, 3.8) is 0 Å². The highest BCUT2D eigenvalue weighted by atomic mass is 16.1. The van der Waals surface area contributed by atoms with Gasteiger partial charge in [0.25, 0.3) is 5.82 Å². The Morgan fingerprint density at radius 1 is 1.36 bits per heavy atom. The number of aromatic nitrogens is 4. The molecule has 1 aliphatic rings. The van der Waals surface area contributed by atoms with Gasteiger partial charge in [-0.25, -0.2) is 9.67 Å². The van der Waals surface area contributed by atoms with Crippen LogP contribution in [0.1, 0.15) is 59.7 Å². The Bertz CT molecular complexity index is 850. The van der Waals surface area contributed by atoms with Gasteiger partial charge >= 0.3 is 0 Å². The molecular weight excluding hydrogens is 314 g/mol. The topological polar surface area (TPSA) is 76.5 Å². The van der Waals surface area contributed by atoms with Gasteiger partial charge in [-0.3, -0.25) is 4.79 Å². The van der Waals surface area contributed by atoms with Crippen molar-refractivity contribution in [1.29, 1.82) is 5.26 Å². The minimum absolute atomic E-state index is 0.00868. The fourth-order valence-corrected chi connectivity index (χ4v) is 3.47. The van der Waals surface area contributed by atoms with Gasteiger partial charge in [-0.2, -0.15) is 5.26 Å². The standard InChI is InChI=1S/C19H23N5O/c1-14-10-17(18(25)12-23-13-21-19(11-20)22-23)15(2)24(14)9-8-16-6-4-3-5-7-16/h6,10,13H,3-5,7-9,12H2,1-2H3. The number of Topliss-reactive ketones (excluding diaryl/α,β-unsaturated/α-hetero) is 1. The van der Waals surface area contributed by atoms with E-state index in [0.717, 1.165) is 29.9 Å². The summed E-state index contributed by atoms with van der Waals surface area (Å²) < 4.78 is 3.64. The second-order valence-corrected chi connectivity index (χ2v) is 6.60. The van der Waals surface area contributed by atoms with Crippen LogP contribution in [0.5, 0.6) is 0 Å². The van der Waals surface area contributed by atoms with Gasteiger partial charge < -0.3 is 4.57 Å². The number of ketones is 1. The zero-order valence-corrected chi connectivity index (χ0v) is 14.8. The van der Waals surface area contributed by atoms with Gasteiger partial charge in [0.2, 0.25) is 0 Å². The van der Waals surface area contributed by atoms with Gasteiger partial charge in [0.05, 0.1) is 0 Å². The molecule has 2 aromatic rings. The number of nitrogens with zero attached hydrogens (tertiary/aromatic N) is 5. The van der Waals surface area contributed by atoms with E-state index in [2.05, 4.69) is 20.7 Å². The van der Waals surface area contributed by atoms with Crippen molar-refractivity contribution in [1.82, 2.24) is 19.3 Å². The summed E-state index contributed by atoms with van der Waals surface area (Å²) in [6.45, 7) is 5.06. The van der Waals surface area contributed by atoms with E-state index in [4.69, 9.17) is 5.26 Å². The van der Waals surface area contributed by atoms with Crippen molar-refractivity contribution in [3.8, 4) is 6.07 Å². The molecule has 0 N–H and O–H groups in total. The maximum Gasteiger partial charge on any atom is 0.252 e. The molecule has 0 amide bonds. The highest BCUT2D eigenvalue weighted by Crippen LogP contribution is 2.23. The van der Waals surface area contributed by atoms with Crippen molar-refractivity contribution in [2.75, 3.05) is 0 Å². The number of hydrogen-bond donors (Lipinski definition) is 0. The van der Waals surface area contributed by atoms with Crippen molar-refractivity contribution in [2.45, 2.75) is 59.0 Å². The third-order valence-electron chi connectivity index (χ3n) is 4.86. The summed E-state index contributed by atoms with van der Waals surface area (Å²) in [5.74, 6) is 0.0738. The molecule has 0 saturated carbocycles. The molecule has 0 saturated heterocycles. The number of aryl methyl sites for hydroxylation is 1. The van der Waals surface area contributed by atoms with Gasteiger partial charge in [-0.15, -0.1) is 5.10 Å². The van der Waals surface area contributed by atoms with Crippen molar-refractivity contribution >= 4 is 5.78 Å². The monoisotopic (exact) mass is 337 g/mol. The third kappa shape index (κ3) is 3.87. The summed E-state index contributed by atoms with van der Waals surface area (Å²) in [4.78, 5) is 16.4. The van der Waals surface area contributed by atoms with Crippen LogP contribution < -0.4 is 0 Å². The SMILES string of the molecule is Cc1cc(C(=O)Cn2cnc(C#N)n2)c(C)n1CCC1=CCCCC1. The van der Waals surface area contributed by atoms with E-state index in [1.165, 1.54) is 36.7 Å². The zero-order chi connectivity index (χ0) is 17.8. The van der Waals surface area contributed by atoms with Crippen molar-refractivity contribution < 1.29 is 4.79 Å². The molecule has 130 valence electrons. The van der Waals surface area contributed by atoms with Gasteiger partial charge in [-0.05, 0) is 52.0 Å². The lowest BCUT2D eigenvalue weighted by Crippen LogP contribution is -2.12. The highest BCUT2D eigenvalue weighted by molar-refractivity contribution is 5.97. The predicted octanol–water partition coefficient (Wildman–Crippen LogP) is 3.34. The molecule has 0 aromatic carbocycles. The summed E-state index contributed by atoms with van der Waals surface area (Å²) in [5, 5.41) is 12.7. The normalized spacial score (nSPS) is 14.2. The number of carbonyl (C=O) groups is 1. The highest BCUT2D eigenvalue weighted by Gasteiger charge is 2.17. The molecule has 1 aliphatic carbocycles. The van der Waals surface area contributed by atoms with E-state index in [0.29, 0.717) is 0 Å². The average Bonchev–Trinajstić information content (AvgIpc) is 3.18. The molecule has 0 atom stereocenters. The lowest BCUT2D eigenvalue weighted by atomic mass is 9.97. The van der Waals surface area contributed by atoms with E-state index in [1.54, 1.807) is 5.57 Å². The van der Waals surface area contributed by atoms with E-state index in [-0.39, 0.29) is 18.2 Å². The first-order valence-corrected chi connectivity index (χ1v) is 8.76. The number of nitriles is 1. The molecule has 2 aromatic heterocycles. The lowest BCUT2D eigenvalue weighted by molar-refractivity contribution is 0.0967. The minimum Gasteiger partial charge on any atom is -0.348 e. The number of hydrogen-bond acceptors (Lipinski definition) is 4. The van der Waals surface area contributed by atoms with Gasteiger partial charge in [0.1, 0.15) is 18.9 Å². The molecule has 0 bridgehead atoms. The lowest BCUT2D eigenvalue weighted by Gasteiger charge is -2.15.